The van der Waals surface area contributed by atoms with E-state index in [1.807, 2.05) is 12.1 Å². The Morgan fingerprint density at radius 3 is 2.70 bits per heavy atom. The van der Waals surface area contributed by atoms with Gasteiger partial charge < -0.3 is 10.6 Å². The highest BCUT2D eigenvalue weighted by Gasteiger charge is 2.27. The van der Waals surface area contributed by atoms with Crippen LogP contribution in [-0.4, -0.2) is 11.9 Å². The third-order valence-electron chi connectivity index (χ3n) is 4.61. The fourth-order valence-electron chi connectivity index (χ4n) is 3.04. The molecule has 1 amide bonds. The summed E-state index contributed by atoms with van der Waals surface area (Å²) in [4.78, 5) is 11.2. The van der Waals surface area contributed by atoms with E-state index in [1.165, 1.54) is 31.7 Å². The summed E-state index contributed by atoms with van der Waals surface area (Å²) in [5, 5.41) is 6.54. The maximum Gasteiger partial charge on any atom is 0.221 e. The Labute approximate surface area is 122 Å². The van der Waals surface area contributed by atoms with Gasteiger partial charge in [-0.3, -0.25) is 4.79 Å². The van der Waals surface area contributed by atoms with Crippen molar-refractivity contribution >= 4 is 17.3 Å². The first kappa shape index (κ1) is 14.9. The summed E-state index contributed by atoms with van der Waals surface area (Å²) in [7, 11) is 0. The zero-order chi connectivity index (χ0) is 14.7. The summed E-state index contributed by atoms with van der Waals surface area (Å²) in [6, 6.07) is 6.59. The number of amides is 1. The van der Waals surface area contributed by atoms with Crippen molar-refractivity contribution in [2.75, 3.05) is 10.6 Å². The molecule has 0 aromatic heterocycles. The van der Waals surface area contributed by atoms with Crippen LogP contribution in [0.5, 0.6) is 0 Å². The van der Waals surface area contributed by atoms with Gasteiger partial charge in [0.1, 0.15) is 0 Å². The molecule has 3 heteroatoms. The smallest absolute Gasteiger partial charge is 0.221 e. The Bertz CT molecular complexity index is 484. The van der Waals surface area contributed by atoms with Crippen molar-refractivity contribution in [1.29, 1.82) is 0 Å². The van der Waals surface area contributed by atoms with Crippen molar-refractivity contribution in [3.8, 4) is 0 Å². The average molecular weight is 274 g/mol. The summed E-state index contributed by atoms with van der Waals surface area (Å²) >= 11 is 0. The van der Waals surface area contributed by atoms with E-state index in [4.69, 9.17) is 0 Å². The molecule has 0 aliphatic heterocycles. The Morgan fingerprint density at radius 1 is 1.25 bits per heavy atom. The molecule has 20 heavy (non-hydrogen) atoms. The van der Waals surface area contributed by atoms with Gasteiger partial charge >= 0.3 is 0 Å². The monoisotopic (exact) mass is 274 g/mol. The third kappa shape index (κ3) is 3.53. The largest absolute Gasteiger partial charge is 0.382 e. The number of hydrogen-bond donors (Lipinski definition) is 2. The summed E-state index contributed by atoms with van der Waals surface area (Å²) < 4.78 is 0. The first-order valence-corrected chi connectivity index (χ1v) is 7.62. The maximum atomic E-state index is 11.2. The van der Waals surface area contributed by atoms with Gasteiger partial charge in [-0.25, -0.2) is 0 Å². The van der Waals surface area contributed by atoms with E-state index in [0.29, 0.717) is 12.0 Å². The Morgan fingerprint density at radius 2 is 2.00 bits per heavy atom. The molecule has 2 rings (SSSR count). The van der Waals surface area contributed by atoms with Crippen molar-refractivity contribution in [2.24, 2.45) is 11.8 Å². The minimum Gasteiger partial charge on any atom is -0.382 e. The van der Waals surface area contributed by atoms with E-state index in [9.17, 15) is 4.79 Å². The molecule has 2 N–H and O–H groups in total. The van der Waals surface area contributed by atoms with E-state index >= 15 is 0 Å². The third-order valence-corrected chi connectivity index (χ3v) is 4.61. The molecule has 110 valence electrons. The lowest BCUT2D eigenvalue weighted by Gasteiger charge is -2.35. The average Bonchev–Trinajstić information content (AvgIpc) is 2.38. The molecular weight excluding hydrogens is 248 g/mol. The van der Waals surface area contributed by atoms with Crippen molar-refractivity contribution in [1.82, 2.24) is 0 Å². The number of carbonyl (C=O) groups is 1. The number of nitrogens with one attached hydrogen (secondary N) is 2. The number of aryl methyl sites for hydroxylation is 1. The van der Waals surface area contributed by atoms with E-state index in [2.05, 4.69) is 37.5 Å². The van der Waals surface area contributed by atoms with Crippen LogP contribution >= 0.6 is 0 Å². The van der Waals surface area contributed by atoms with Gasteiger partial charge in [0.25, 0.3) is 0 Å². The van der Waals surface area contributed by atoms with Crippen LogP contribution in [0.3, 0.4) is 0 Å². The molecule has 1 fully saturated rings. The predicted octanol–water partition coefficient (Wildman–Crippen LogP) is 4.19. The molecule has 1 aliphatic rings. The second-order valence-corrected chi connectivity index (χ2v) is 6.23. The SMILES string of the molecule is CC(=O)Nc1ccc(C)c(NC2CCCC(C)C2C)c1. The molecule has 3 unspecified atom stereocenters. The van der Waals surface area contributed by atoms with Crippen LogP contribution in [0.2, 0.25) is 0 Å². The van der Waals surface area contributed by atoms with Crippen molar-refractivity contribution in [3.63, 3.8) is 0 Å². The number of carbonyl (C=O) groups excluding carboxylic acids is 1. The molecule has 3 atom stereocenters. The van der Waals surface area contributed by atoms with Crippen molar-refractivity contribution < 1.29 is 4.79 Å². The van der Waals surface area contributed by atoms with E-state index in [-0.39, 0.29) is 5.91 Å². The zero-order valence-corrected chi connectivity index (χ0v) is 13.0. The van der Waals surface area contributed by atoms with Crippen molar-refractivity contribution in [2.45, 2.75) is 53.0 Å². The molecular formula is C17H26N2O. The standard InChI is InChI=1S/C17H26N2O/c1-11-6-5-7-16(13(11)3)19-17-10-15(18-14(4)20)9-8-12(17)2/h8-11,13,16,19H,5-7H2,1-4H3,(H,18,20). The topological polar surface area (TPSA) is 41.1 Å². The molecule has 0 bridgehead atoms. The van der Waals surface area contributed by atoms with Gasteiger partial charge in [0.15, 0.2) is 0 Å². The van der Waals surface area contributed by atoms with Gasteiger partial charge in [-0.05, 0) is 42.9 Å². The molecule has 0 heterocycles. The predicted molar refractivity (Wildman–Crippen MR) is 85.1 cm³/mol. The number of rotatable bonds is 3. The summed E-state index contributed by atoms with van der Waals surface area (Å²) in [6.07, 6.45) is 3.87. The summed E-state index contributed by atoms with van der Waals surface area (Å²) in [5.74, 6) is 1.44. The van der Waals surface area contributed by atoms with E-state index in [1.54, 1.807) is 0 Å². The molecule has 3 nitrogen and oxygen atoms in total. The lowest BCUT2D eigenvalue weighted by molar-refractivity contribution is -0.114. The van der Waals surface area contributed by atoms with Gasteiger partial charge in [-0.1, -0.05) is 32.8 Å². The van der Waals surface area contributed by atoms with Gasteiger partial charge in [-0.2, -0.15) is 0 Å². The second kappa shape index (κ2) is 6.29. The van der Waals surface area contributed by atoms with Crippen LogP contribution in [0, 0.1) is 18.8 Å². The normalized spacial score (nSPS) is 26.1. The van der Waals surface area contributed by atoms with Gasteiger partial charge in [0.05, 0.1) is 0 Å². The van der Waals surface area contributed by atoms with Crippen LogP contribution in [0.15, 0.2) is 18.2 Å². The second-order valence-electron chi connectivity index (χ2n) is 6.23. The fraction of sp³-hybridized carbons (Fsp3) is 0.588. The summed E-state index contributed by atoms with van der Waals surface area (Å²) in [6.45, 7) is 8.34. The Kier molecular flexibility index (Phi) is 4.69. The fourth-order valence-corrected chi connectivity index (χ4v) is 3.04. The summed E-state index contributed by atoms with van der Waals surface area (Å²) in [5.41, 5.74) is 3.23. The highest BCUT2D eigenvalue weighted by atomic mass is 16.1. The first-order valence-electron chi connectivity index (χ1n) is 7.62. The zero-order valence-electron chi connectivity index (χ0n) is 13.0. The minimum atomic E-state index is -0.0283. The van der Waals surface area contributed by atoms with Gasteiger partial charge in [0, 0.05) is 24.3 Å². The molecule has 0 radical (unpaired) electrons. The lowest BCUT2D eigenvalue weighted by atomic mass is 9.78. The van der Waals surface area contributed by atoms with Crippen LogP contribution < -0.4 is 10.6 Å². The van der Waals surface area contributed by atoms with Crippen LogP contribution in [0.25, 0.3) is 0 Å². The number of benzene rings is 1. The van der Waals surface area contributed by atoms with E-state index < -0.39 is 0 Å². The quantitative estimate of drug-likeness (QED) is 0.867. The Balaban J connectivity index is 2.13. The first-order chi connectivity index (χ1) is 9.47. The van der Waals surface area contributed by atoms with Gasteiger partial charge in [0.2, 0.25) is 5.91 Å². The molecule has 0 saturated heterocycles. The number of hydrogen-bond acceptors (Lipinski definition) is 2. The highest BCUT2D eigenvalue weighted by molar-refractivity contribution is 5.89. The molecule has 1 aliphatic carbocycles. The molecule has 0 spiro atoms. The lowest BCUT2D eigenvalue weighted by Crippen LogP contribution is -2.35. The molecule has 1 saturated carbocycles. The Hall–Kier alpha value is -1.51. The number of anilines is 2. The molecule has 1 aromatic rings. The molecule has 1 aromatic carbocycles. The van der Waals surface area contributed by atoms with Crippen molar-refractivity contribution in [3.05, 3.63) is 23.8 Å². The van der Waals surface area contributed by atoms with E-state index in [0.717, 1.165) is 17.3 Å². The van der Waals surface area contributed by atoms with Gasteiger partial charge in [-0.15, -0.1) is 0 Å². The van der Waals surface area contributed by atoms with Crippen LogP contribution in [0.4, 0.5) is 11.4 Å². The van der Waals surface area contributed by atoms with Crippen LogP contribution in [0.1, 0.15) is 45.6 Å². The maximum absolute atomic E-state index is 11.2. The highest BCUT2D eigenvalue weighted by Crippen LogP contribution is 2.32. The minimum absolute atomic E-state index is 0.0283. The van der Waals surface area contributed by atoms with Crippen LogP contribution in [-0.2, 0) is 4.79 Å².